The number of rotatable bonds is 7. The molecule has 0 saturated carbocycles. The van der Waals surface area contributed by atoms with Crippen molar-refractivity contribution in [2.45, 2.75) is 51.5 Å². The summed E-state index contributed by atoms with van der Waals surface area (Å²) in [5, 5.41) is 8.65. The monoisotopic (exact) mass is 294 g/mol. The molecule has 1 aromatic heterocycles. The van der Waals surface area contributed by atoms with E-state index in [2.05, 4.69) is 35.1 Å². The molecule has 1 saturated heterocycles. The van der Waals surface area contributed by atoms with Crippen LogP contribution in [0.4, 0.5) is 0 Å². The van der Waals surface area contributed by atoms with Crippen LogP contribution in [0.2, 0.25) is 0 Å². The first kappa shape index (κ1) is 15.5. The number of nitrogens with one attached hydrogen (secondary N) is 2. The van der Waals surface area contributed by atoms with Gasteiger partial charge in [0.05, 0.1) is 0 Å². The number of carbonyl (C=O) groups excluding carboxylic acids is 1. The van der Waals surface area contributed by atoms with Gasteiger partial charge in [0.15, 0.2) is 0 Å². The summed E-state index contributed by atoms with van der Waals surface area (Å²) in [6.07, 6.45) is 6.33. The number of amides is 1. The van der Waals surface area contributed by atoms with E-state index in [1.165, 1.54) is 11.3 Å². The highest BCUT2D eigenvalue weighted by atomic mass is 32.1. The molecule has 0 bridgehead atoms. The Morgan fingerprint density at radius 1 is 1.45 bits per heavy atom. The Labute approximate surface area is 126 Å². The van der Waals surface area contributed by atoms with Crippen LogP contribution in [-0.4, -0.2) is 25.0 Å². The van der Waals surface area contributed by atoms with Gasteiger partial charge in [0.1, 0.15) is 0 Å². The summed E-state index contributed by atoms with van der Waals surface area (Å²) >= 11 is 1.82. The van der Waals surface area contributed by atoms with Gasteiger partial charge in [-0.1, -0.05) is 19.4 Å². The first-order valence-electron chi connectivity index (χ1n) is 7.78. The van der Waals surface area contributed by atoms with Crippen molar-refractivity contribution in [1.82, 2.24) is 10.6 Å². The van der Waals surface area contributed by atoms with E-state index >= 15 is 0 Å². The zero-order chi connectivity index (χ0) is 14.2. The number of piperidine rings is 1. The molecule has 1 amide bonds. The van der Waals surface area contributed by atoms with Crippen molar-refractivity contribution >= 4 is 17.2 Å². The molecule has 0 spiro atoms. The van der Waals surface area contributed by atoms with Gasteiger partial charge in [-0.25, -0.2) is 0 Å². The summed E-state index contributed by atoms with van der Waals surface area (Å²) in [5.41, 5.74) is 0. The third-order valence-corrected chi connectivity index (χ3v) is 5.02. The topological polar surface area (TPSA) is 41.1 Å². The molecule has 1 fully saturated rings. The maximum Gasteiger partial charge on any atom is 0.220 e. The third-order valence-electron chi connectivity index (χ3n) is 4.08. The fourth-order valence-corrected chi connectivity index (χ4v) is 3.43. The number of aryl methyl sites for hydroxylation is 1. The lowest BCUT2D eigenvalue weighted by Crippen LogP contribution is -2.50. The summed E-state index contributed by atoms with van der Waals surface area (Å²) in [5.74, 6) is 0.820. The molecule has 0 radical (unpaired) electrons. The Bertz CT molecular complexity index is 391. The van der Waals surface area contributed by atoms with Gasteiger partial charge in [-0.05, 0) is 49.6 Å². The van der Waals surface area contributed by atoms with Crippen LogP contribution in [0, 0.1) is 5.92 Å². The smallest absolute Gasteiger partial charge is 0.220 e. The molecule has 112 valence electrons. The number of hydrogen-bond donors (Lipinski definition) is 2. The fraction of sp³-hybridized carbons (Fsp3) is 0.688. The van der Waals surface area contributed by atoms with Crippen molar-refractivity contribution in [3.63, 3.8) is 0 Å². The quantitative estimate of drug-likeness (QED) is 0.759. The van der Waals surface area contributed by atoms with E-state index < -0.39 is 0 Å². The zero-order valence-electron chi connectivity index (χ0n) is 12.4. The van der Waals surface area contributed by atoms with Crippen LogP contribution in [0.3, 0.4) is 0 Å². The third kappa shape index (κ3) is 5.25. The first-order valence-corrected chi connectivity index (χ1v) is 8.66. The van der Waals surface area contributed by atoms with Gasteiger partial charge in [-0.15, -0.1) is 11.3 Å². The van der Waals surface area contributed by atoms with Gasteiger partial charge in [0.25, 0.3) is 0 Å². The van der Waals surface area contributed by atoms with Crippen molar-refractivity contribution in [3.05, 3.63) is 22.4 Å². The molecular formula is C16H26N2OS. The first-order chi connectivity index (χ1) is 9.75. The van der Waals surface area contributed by atoms with E-state index in [-0.39, 0.29) is 5.91 Å². The van der Waals surface area contributed by atoms with Crippen LogP contribution in [-0.2, 0) is 11.2 Å². The van der Waals surface area contributed by atoms with E-state index in [1.807, 2.05) is 11.3 Å². The van der Waals surface area contributed by atoms with E-state index in [1.54, 1.807) is 0 Å². The number of hydrogen-bond acceptors (Lipinski definition) is 3. The van der Waals surface area contributed by atoms with Crippen LogP contribution in [0.1, 0.15) is 43.9 Å². The molecule has 1 aromatic rings. The van der Waals surface area contributed by atoms with Crippen molar-refractivity contribution in [3.8, 4) is 0 Å². The maximum absolute atomic E-state index is 11.9. The minimum atomic E-state index is 0.224. The molecule has 3 nitrogen and oxygen atoms in total. The SMILES string of the molecule is CC1CCNCC1NC(=O)CCCCCc1cccs1. The number of carbonyl (C=O) groups is 1. The normalized spacial score (nSPS) is 22.6. The lowest BCUT2D eigenvalue weighted by atomic mass is 9.94. The summed E-state index contributed by atoms with van der Waals surface area (Å²) in [7, 11) is 0. The Balaban J connectivity index is 1.53. The summed E-state index contributed by atoms with van der Waals surface area (Å²) in [4.78, 5) is 13.4. The van der Waals surface area contributed by atoms with E-state index in [0.29, 0.717) is 18.4 Å². The highest BCUT2D eigenvalue weighted by Gasteiger charge is 2.22. The molecule has 4 heteroatoms. The van der Waals surface area contributed by atoms with Crippen molar-refractivity contribution < 1.29 is 4.79 Å². The van der Waals surface area contributed by atoms with E-state index in [4.69, 9.17) is 0 Å². The predicted molar refractivity (Wildman–Crippen MR) is 85.1 cm³/mol. The van der Waals surface area contributed by atoms with Gasteiger partial charge < -0.3 is 10.6 Å². The average molecular weight is 294 g/mol. The molecule has 0 aliphatic carbocycles. The van der Waals surface area contributed by atoms with Gasteiger partial charge in [-0.2, -0.15) is 0 Å². The van der Waals surface area contributed by atoms with Crippen molar-refractivity contribution in [2.75, 3.05) is 13.1 Å². The molecule has 2 unspecified atom stereocenters. The standard InChI is InChI=1S/C16H26N2OS/c1-13-9-10-17-12-15(13)18-16(19)8-4-2-3-6-14-7-5-11-20-14/h5,7,11,13,15,17H,2-4,6,8-10,12H2,1H3,(H,18,19). The van der Waals surface area contributed by atoms with Crippen molar-refractivity contribution in [1.29, 1.82) is 0 Å². The summed E-state index contributed by atoms with van der Waals surface area (Å²) < 4.78 is 0. The largest absolute Gasteiger partial charge is 0.352 e. The van der Waals surface area contributed by atoms with Gasteiger partial charge in [-0.3, -0.25) is 4.79 Å². The number of unbranched alkanes of at least 4 members (excludes halogenated alkanes) is 2. The molecule has 20 heavy (non-hydrogen) atoms. The average Bonchev–Trinajstić information content (AvgIpc) is 2.94. The molecule has 2 N–H and O–H groups in total. The van der Waals surface area contributed by atoms with Crippen LogP contribution >= 0.6 is 11.3 Å². The Hall–Kier alpha value is -0.870. The van der Waals surface area contributed by atoms with Crippen LogP contribution in [0.5, 0.6) is 0 Å². The molecule has 1 aliphatic heterocycles. The summed E-state index contributed by atoms with van der Waals surface area (Å²) in [6, 6.07) is 4.61. The second-order valence-electron chi connectivity index (χ2n) is 5.78. The number of thiophene rings is 1. The van der Waals surface area contributed by atoms with Crippen LogP contribution in [0.25, 0.3) is 0 Å². The molecule has 2 rings (SSSR count). The Kier molecular flexibility index (Phi) is 6.54. The highest BCUT2D eigenvalue weighted by Crippen LogP contribution is 2.14. The summed E-state index contributed by atoms with van der Waals surface area (Å²) in [6.45, 7) is 4.23. The Morgan fingerprint density at radius 2 is 2.35 bits per heavy atom. The predicted octanol–water partition coefficient (Wildman–Crippen LogP) is 2.97. The van der Waals surface area contributed by atoms with E-state index in [0.717, 1.165) is 38.8 Å². The fourth-order valence-electron chi connectivity index (χ4n) is 2.68. The Morgan fingerprint density at radius 3 is 3.10 bits per heavy atom. The second-order valence-corrected chi connectivity index (χ2v) is 6.82. The van der Waals surface area contributed by atoms with Crippen LogP contribution < -0.4 is 10.6 Å². The van der Waals surface area contributed by atoms with Crippen LogP contribution in [0.15, 0.2) is 17.5 Å². The molecular weight excluding hydrogens is 268 g/mol. The second kappa shape index (κ2) is 8.42. The lowest BCUT2D eigenvalue weighted by molar-refractivity contribution is -0.122. The lowest BCUT2D eigenvalue weighted by Gasteiger charge is -2.30. The molecule has 2 atom stereocenters. The van der Waals surface area contributed by atoms with E-state index in [9.17, 15) is 4.79 Å². The minimum Gasteiger partial charge on any atom is -0.352 e. The minimum absolute atomic E-state index is 0.224. The highest BCUT2D eigenvalue weighted by molar-refractivity contribution is 7.09. The van der Waals surface area contributed by atoms with Gasteiger partial charge in [0, 0.05) is 23.9 Å². The van der Waals surface area contributed by atoms with Gasteiger partial charge >= 0.3 is 0 Å². The zero-order valence-corrected chi connectivity index (χ0v) is 13.2. The van der Waals surface area contributed by atoms with Gasteiger partial charge in [0.2, 0.25) is 5.91 Å². The molecule has 2 heterocycles. The molecule has 0 aromatic carbocycles. The maximum atomic E-state index is 11.9. The molecule has 1 aliphatic rings. The van der Waals surface area contributed by atoms with Crippen molar-refractivity contribution in [2.24, 2.45) is 5.92 Å².